The van der Waals surface area contributed by atoms with Gasteiger partial charge in [0.2, 0.25) is 0 Å². The third-order valence-electron chi connectivity index (χ3n) is 5.17. The normalized spacial score (nSPS) is 27.0. The average Bonchev–Trinajstić information content (AvgIpc) is 2.42. The Morgan fingerprint density at radius 1 is 1.35 bits per heavy atom. The predicted octanol–water partition coefficient (Wildman–Crippen LogP) is 3.64. The molecule has 1 aromatic carbocycles. The van der Waals surface area contributed by atoms with Crippen LogP contribution in [0.4, 0.5) is 0 Å². The van der Waals surface area contributed by atoms with Crippen LogP contribution in [-0.2, 0) is 6.54 Å². The predicted molar refractivity (Wildman–Crippen MR) is 86.8 cm³/mol. The van der Waals surface area contributed by atoms with Gasteiger partial charge >= 0.3 is 0 Å². The Kier molecular flexibility index (Phi) is 4.87. The van der Waals surface area contributed by atoms with Crippen LogP contribution in [0.25, 0.3) is 0 Å². The summed E-state index contributed by atoms with van der Waals surface area (Å²) in [6.45, 7) is 8.54. The van der Waals surface area contributed by atoms with Gasteiger partial charge in [-0.1, -0.05) is 43.5 Å². The molecule has 1 aliphatic carbocycles. The van der Waals surface area contributed by atoms with Crippen molar-refractivity contribution < 1.29 is 0 Å². The molecule has 2 N–H and O–H groups in total. The lowest BCUT2D eigenvalue weighted by molar-refractivity contribution is 0.0553. The van der Waals surface area contributed by atoms with Crippen molar-refractivity contribution in [2.75, 3.05) is 13.6 Å². The van der Waals surface area contributed by atoms with E-state index in [1.54, 1.807) is 0 Å². The molecule has 0 amide bonds. The number of hydrogen-bond acceptors (Lipinski definition) is 2. The van der Waals surface area contributed by atoms with Gasteiger partial charge in [0.1, 0.15) is 0 Å². The van der Waals surface area contributed by atoms with Crippen LogP contribution < -0.4 is 5.73 Å². The highest BCUT2D eigenvalue weighted by Crippen LogP contribution is 2.36. The van der Waals surface area contributed by atoms with Crippen molar-refractivity contribution in [1.29, 1.82) is 0 Å². The van der Waals surface area contributed by atoms with Gasteiger partial charge in [-0.25, -0.2) is 0 Å². The third kappa shape index (κ3) is 3.24. The van der Waals surface area contributed by atoms with E-state index < -0.39 is 0 Å². The van der Waals surface area contributed by atoms with E-state index in [0.29, 0.717) is 0 Å². The molecule has 1 fully saturated rings. The summed E-state index contributed by atoms with van der Waals surface area (Å²) in [5.74, 6) is 0.799. The van der Waals surface area contributed by atoms with Crippen LogP contribution in [0.15, 0.2) is 18.2 Å². The molecule has 0 radical (unpaired) electrons. The number of rotatable bonds is 4. The molecule has 2 atom stereocenters. The van der Waals surface area contributed by atoms with E-state index in [9.17, 15) is 0 Å². The molecule has 20 heavy (non-hydrogen) atoms. The third-order valence-corrected chi connectivity index (χ3v) is 5.17. The van der Waals surface area contributed by atoms with Crippen LogP contribution in [0.2, 0.25) is 0 Å². The van der Waals surface area contributed by atoms with Crippen molar-refractivity contribution in [1.82, 2.24) is 4.90 Å². The van der Waals surface area contributed by atoms with E-state index in [1.165, 1.54) is 42.4 Å². The zero-order valence-corrected chi connectivity index (χ0v) is 13.6. The standard InChI is InChI=1S/C18H30N2/c1-14-7-8-16(3)17(10-14)12-20(4)18(13-19)9-5-6-15(2)11-18/h7-8,10,15H,5-6,9,11-13,19H2,1-4H3. The molecule has 1 saturated carbocycles. The molecule has 2 unspecified atom stereocenters. The Balaban J connectivity index is 2.16. The van der Waals surface area contributed by atoms with Gasteiger partial charge in [-0.3, -0.25) is 4.90 Å². The van der Waals surface area contributed by atoms with Gasteiger partial charge in [-0.15, -0.1) is 0 Å². The summed E-state index contributed by atoms with van der Waals surface area (Å²) in [4.78, 5) is 2.52. The van der Waals surface area contributed by atoms with E-state index in [0.717, 1.165) is 19.0 Å². The zero-order chi connectivity index (χ0) is 14.8. The summed E-state index contributed by atoms with van der Waals surface area (Å²) in [5, 5.41) is 0. The Labute approximate surface area is 124 Å². The first-order valence-corrected chi connectivity index (χ1v) is 7.94. The van der Waals surface area contributed by atoms with Gasteiger partial charge in [0, 0.05) is 18.6 Å². The smallest absolute Gasteiger partial charge is 0.0334 e. The summed E-state index contributed by atoms with van der Waals surface area (Å²) >= 11 is 0. The number of nitrogens with two attached hydrogens (primary N) is 1. The van der Waals surface area contributed by atoms with Crippen LogP contribution in [0.5, 0.6) is 0 Å². The number of likely N-dealkylation sites (N-methyl/N-ethyl adjacent to an activating group) is 1. The summed E-state index contributed by atoms with van der Waals surface area (Å²) < 4.78 is 0. The topological polar surface area (TPSA) is 29.3 Å². The highest BCUT2D eigenvalue weighted by atomic mass is 15.2. The van der Waals surface area contributed by atoms with Crippen molar-refractivity contribution >= 4 is 0 Å². The van der Waals surface area contributed by atoms with Gasteiger partial charge in [0.15, 0.2) is 0 Å². The van der Waals surface area contributed by atoms with Gasteiger partial charge in [0.25, 0.3) is 0 Å². The second-order valence-corrected chi connectivity index (χ2v) is 6.92. The molecule has 0 aliphatic heterocycles. The first kappa shape index (κ1) is 15.5. The quantitative estimate of drug-likeness (QED) is 0.908. The molecule has 0 heterocycles. The van der Waals surface area contributed by atoms with Crippen LogP contribution in [0.1, 0.15) is 49.3 Å². The minimum absolute atomic E-state index is 0.202. The minimum Gasteiger partial charge on any atom is -0.329 e. The largest absolute Gasteiger partial charge is 0.329 e. The second kappa shape index (κ2) is 6.28. The van der Waals surface area contributed by atoms with Crippen molar-refractivity contribution in [3.8, 4) is 0 Å². The first-order chi connectivity index (χ1) is 9.47. The Morgan fingerprint density at radius 2 is 2.10 bits per heavy atom. The molecule has 2 nitrogen and oxygen atoms in total. The van der Waals surface area contributed by atoms with Crippen LogP contribution >= 0.6 is 0 Å². The molecular formula is C18H30N2. The highest BCUT2D eigenvalue weighted by Gasteiger charge is 2.37. The van der Waals surface area contributed by atoms with Crippen molar-refractivity contribution in [2.45, 2.75) is 58.5 Å². The summed E-state index contributed by atoms with van der Waals surface area (Å²) in [5.41, 5.74) is 10.6. The van der Waals surface area contributed by atoms with Gasteiger partial charge in [-0.05, 0) is 50.8 Å². The molecule has 2 rings (SSSR count). The molecule has 2 heteroatoms. The number of benzene rings is 1. The maximum Gasteiger partial charge on any atom is 0.0334 e. The van der Waals surface area contributed by atoms with Crippen LogP contribution in [-0.4, -0.2) is 24.0 Å². The highest BCUT2D eigenvalue weighted by molar-refractivity contribution is 5.30. The van der Waals surface area contributed by atoms with Gasteiger partial charge < -0.3 is 5.73 Å². The van der Waals surface area contributed by atoms with Crippen molar-refractivity contribution in [2.24, 2.45) is 11.7 Å². The Bertz CT molecular complexity index is 455. The van der Waals surface area contributed by atoms with Gasteiger partial charge in [0.05, 0.1) is 0 Å². The molecule has 0 spiro atoms. The van der Waals surface area contributed by atoms with E-state index in [2.05, 4.69) is 50.9 Å². The summed E-state index contributed by atoms with van der Waals surface area (Å²) in [6, 6.07) is 6.75. The second-order valence-electron chi connectivity index (χ2n) is 6.92. The molecule has 112 valence electrons. The van der Waals surface area contributed by atoms with Gasteiger partial charge in [-0.2, -0.15) is 0 Å². The summed E-state index contributed by atoms with van der Waals surface area (Å²) in [7, 11) is 2.26. The monoisotopic (exact) mass is 274 g/mol. The lowest BCUT2D eigenvalue weighted by atomic mass is 9.75. The Hall–Kier alpha value is -0.860. The summed E-state index contributed by atoms with van der Waals surface area (Å²) in [6.07, 6.45) is 5.16. The molecule has 1 aromatic rings. The minimum atomic E-state index is 0.202. The van der Waals surface area contributed by atoms with E-state index in [4.69, 9.17) is 5.73 Å². The van der Waals surface area contributed by atoms with E-state index in [-0.39, 0.29) is 5.54 Å². The lowest BCUT2D eigenvalue weighted by Gasteiger charge is -2.46. The maximum atomic E-state index is 6.18. The first-order valence-electron chi connectivity index (χ1n) is 7.94. The average molecular weight is 274 g/mol. The SMILES string of the molecule is Cc1ccc(C)c(CN(C)C2(CN)CCCC(C)C2)c1. The van der Waals surface area contributed by atoms with E-state index >= 15 is 0 Å². The fraction of sp³-hybridized carbons (Fsp3) is 0.667. The molecule has 0 bridgehead atoms. The fourth-order valence-corrected chi connectivity index (χ4v) is 3.71. The Morgan fingerprint density at radius 3 is 2.75 bits per heavy atom. The van der Waals surface area contributed by atoms with E-state index in [1.807, 2.05) is 0 Å². The maximum absolute atomic E-state index is 6.18. The lowest BCUT2D eigenvalue weighted by Crippen LogP contribution is -2.54. The molecular weight excluding hydrogens is 244 g/mol. The van der Waals surface area contributed by atoms with Crippen molar-refractivity contribution in [3.63, 3.8) is 0 Å². The van der Waals surface area contributed by atoms with Crippen molar-refractivity contribution in [3.05, 3.63) is 34.9 Å². The zero-order valence-electron chi connectivity index (χ0n) is 13.6. The number of aryl methyl sites for hydroxylation is 2. The molecule has 1 aliphatic rings. The number of hydrogen-bond donors (Lipinski definition) is 1. The fourth-order valence-electron chi connectivity index (χ4n) is 3.71. The van der Waals surface area contributed by atoms with Crippen LogP contribution in [0.3, 0.4) is 0 Å². The van der Waals surface area contributed by atoms with Crippen LogP contribution in [0, 0.1) is 19.8 Å². The molecule has 0 aromatic heterocycles. The molecule has 0 saturated heterocycles. The number of nitrogens with zero attached hydrogens (tertiary/aromatic N) is 1.